The van der Waals surface area contributed by atoms with Crippen LogP contribution >= 0.6 is 0 Å². The van der Waals surface area contributed by atoms with Crippen molar-refractivity contribution in [2.45, 2.75) is 288 Å². The Bertz CT molecular complexity index is 1250. The Morgan fingerprint density at radius 1 is 0.508 bits per heavy atom. The number of unbranched alkanes of at least 4 members (excludes halogenated alkanes) is 32. The summed E-state index contributed by atoms with van der Waals surface area (Å²) < 4.78 is 54.3. The van der Waals surface area contributed by atoms with E-state index in [-0.39, 0.29) is 19.4 Å². The van der Waals surface area contributed by atoms with E-state index in [0.717, 1.165) is 57.8 Å². The highest BCUT2D eigenvalue weighted by Gasteiger charge is 2.46. The van der Waals surface area contributed by atoms with Crippen LogP contribution in [-0.4, -0.2) is 96.0 Å². The topological polar surface area (TPSA) is 186 Å². The monoisotopic (exact) mass is 947 g/mol. The van der Waals surface area contributed by atoms with Gasteiger partial charge in [0, 0.05) is 12.8 Å². The summed E-state index contributed by atoms with van der Waals surface area (Å²) in [6.07, 6.45) is 38.3. The van der Waals surface area contributed by atoms with Gasteiger partial charge in [0.25, 0.3) is 10.1 Å². The lowest BCUT2D eigenvalue weighted by molar-refractivity contribution is -0.297. The first-order chi connectivity index (χ1) is 31.5. The Hall–Kier alpha value is -1.61. The van der Waals surface area contributed by atoms with E-state index in [9.17, 15) is 37.9 Å². The first kappa shape index (κ1) is 61.4. The summed E-state index contributed by atoms with van der Waals surface area (Å²) in [5.41, 5.74) is 0. The third-order valence-electron chi connectivity index (χ3n) is 12.6. The van der Waals surface area contributed by atoms with Crippen LogP contribution in [-0.2, 0) is 38.7 Å². The lowest BCUT2D eigenvalue weighted by Crippen LogP contribution is -2.60. The molecule has 0 spiro atoms. The molecule has 1 fully saturated rings. The summed E-state index contributed by atoms with van der Waals surface area (Å²) in [7, 11) is -4.60. The van der Waals surface area contributed by atoms with E-state index in [4.69, 9.17) is 18.9 Å². The number of carbonyl (C=O) groups is 2. The second-order valence-corrected chi connectivity index (χ2v) is 20.4. The molecule has 6 unspecified atom stereocenters. The Balaban J connectivity index is 2.33. The lowest BCUT2D eigenvalue weighted by atomic mass is 10.00. The fourth-order valence-corrected chi connectivity index (χ4v) is 9.13. The maximum absolute atomic E-state index is 12.9. The van der Waals surface area contributed by atoms with Gasteiger partial charge in [0.1, 0.15) is 36.8 Å². The maximum Gasteiger partial charge on any atom is 0.306 e. The van der Waals surface area contributed by atoms with E-state index < -0.39 is 71.2 Å². The quantitative estimate of drug-likeness (QED) is 0.0196. The van der Waals surface area contributed by atoms with Gasteiger partial charge >= 0.3 is 11.9 Å². The van der Waals surface area contributed by atoms with Gasteiger partial charge in [-0.15, -0.1) is 0 Å². The molecule has 1 saturated heterocycles. The van der Waals surface area contributed by atoms with Crippen molar-refractivity contribution in [3.63, 3.8) is 0 Å². The summed E-state index contributed by atoms with van der Waals surface area (Å²) in [5, 5.41) is 31.0. The number of aliphatic hydroxyl groups is 3. The molecule has 1 aliphatic rings. The van der Waals surface area contributed by atoms with Crippen molar-refractivity contribution in [2.24, 2.45) is 0 Å². The SMILES string of the molecule is CCCCCCCCC/C=C\CCCCCCCC(=O)OC(COC(=O)CCCCCCCCCCCCCCCCCCCCCCC)COC1OC(CS(=O)(=O)O)C(O)C(O)C1O. The zero-order valence-electron chi connectivity index (χ0n) is 41.4. The first-order valence-electron chi connectivity index (χ1n) is 26.7. The van der Waals surface area contributed by atoms with Crippen LogP contribution in [0, 0.1) is 0 Å². The summed E-state index contributed by atoms with van der Waals surface area (Å²) >= 11 is 0. The molecule has 0 aliphatic carbocycles. The van der Waals surface area contributed by atoms with Crippen LogP contribution in [0.25, 0.3) is 0 Å². The predicted molar refractivity (Wildman–Crippen MR) is 261 cm³/mol. The minimum absolute atomic E-state index is 0.159. The molecule has 12 nitrogen and oxygen atoms in total. The second-order valence-electron chi connectivity index (χ2n) is 18.9. The van der Waals surface area contributed by atoms with Crippen LogP contribution < -0.4 is 0 Å². The maximum atomic E-state index is 12.9. The van der Waals surface area contributed by atoms with Crippen LogP contribution in [0.2, 0.25) is 0 Å². The summed E-state index contributed by atoms with van der Waals surface area (Å²) in [5.74, 6) is -1.97. The van der Waals surface area contributed by atoms with Gasteiger partial charge < -0.3 is 34.3 Å². The van der Waals surface area contributed by atoms with E-state index in [1.807, 2.05) is 0 Å². The van der Waals surface area contributed by atoms with E-state index >= 15 is 0 Å². The van der Waals surface area contributed by atoms with Crippen LogP contribution in [0.15, 0.2) is 12.2 Å². The van der Waals surface area contributed by atoms with Crippen LogP contribution in [0.5, 0.6) is 0 Å². The highest BCUT2D eigenvalue weighted by atomic mass is 32.2. The fourth-order valence-electron chi connectivity index (χ4n) is 8.44. The molecule has 0 aromatic carbocycles. The zero-order chi connectivity index (χ0) is 47.6. The van der Waals surface area contributed by atoms with Gasteiger partial charge in [-0.25, -0.2) is 0 Å². The fraction of sp³-hybridized carbons (Fsp3) is 0.923. The number of ether oxygens (including phenoxy) is 4. The molecule has 4 N–H and O–H groups in total. The number of carbonyl (C=O) groups excluding carboxylic acids is 2. The van der Waals surface area contributed by atoms with Gasteiger partial charge in [-0.2, -0.15) is 8.42 Å². The van der Waals surface area contributed by atoms with Crippen molar-refractivity contribution in [3.8, 4) is 0 Å². The van der Waals surface area contributed by atoms with Gasteiger partial charge in [0.2, 0.25) is 0 Å². The third-order valence-corrected chi connectivity index (χ3v) is 13.3. The smallest absolute Gasteiger partial charge is 0.306 e. The average Bonchev–Trinajstić information content (AvgIpc) is 3.27. The molecule has 1 heterocycles. The Morgan fingerprint density at radius 2 is 0.877 bits per heavy atom. The molecule has 1 aliphatic heterocycles. The van der Waals surface area contributed by atoms with Gasteiger partial charge in [0.15, 0.2) is 12.4 Å². The average molecular weight is 947 g/mol. The number of hydrogen-bond donors (Lipinski definition) is 4. The largest absolute Gasteiger partial charge is 0.462 e. The number of aliphatic hydroxyl groups excluding tert-OH is 3. The van der Waals surface area contributed by atoms with Crippen molar-refractivity contribution in [1.82, 2.24) is 0 Å². The molecular formula is C52H98O12S. The molecule has 65 heavy (non-hydrogen) atoms. The van der Waals surface area contributed by atoms with E-state index in [1.165, 1.54) is 154 Å². The summed E-state index contributed by atoms with van der Waals surface area (Å²) in [6.45, 7) is 3.80. The molecule has 0 aromatic rings. The number of esters is 2. The molecule has 13 heteroatoms. The van der Waals surface area contributed by atoms with Crippen molar-refractivity contribution in [3.05, 3.63) is 12.2 Å². The molecule has 0 radical (unpaired) electrons. The van der Waals surface area contributed by atoms with Crippen molar-refractivity contribution < 1.29 is 56.8 Å². The van der Waals surface area contributed by atoms with Gasteiger partial charge in [0.05, 0.1) is 6.61 Å². The molecule has 384 valence electrons. The lowest BCUT2D eigenvalue weighted by Gasteiger charge is -2.40. The molecular weight excluding hydrogens is 849 g/mol. The van der Waals surface area contributed by atoms with Crippen molar-refractivity contribution in [1.29, 1.82) is 0 Å². The molecule has 0 amide bonds. The molecule has 6 atom stereocenters. The van der Waals surface area contributed by atoms with Crippen molar-refractivity contribution >= 4 is 22.1 Å². The molecule has 0 aromatic heterocycles. The normalized spacial score (nSPS) is 19.5. The Labute approximate surface area is 396 Å². The number of rotatable bonds is 46. The number of hydrogen-bond acceptors (Lipinski definition) is 11. The van der Waals surface area contributed by atoms with E-state index in [2.05, 4.69) is 26.0 Å². The Kier molecular flexibility index (Phi) is 40.1. The first-order valence-corrected chi connectivity index (χ1v) is 28.4. The van der Waals surface area contributed by atoms with Gasteiger partial charge in [-0.05, 0) is 38.5 Å². The van der Waals surface area contributed by atoms with E-state index in [1.54, 1.807) is 0 Å². The van der Waals surface area contributed by atoms with Crippen molar-refractivity contribution in [2.75, 3.05) is 19.0 Å². The van der Waals surface area contributed by atoms with Crippen LogP contribution in [0.3, 0.4) is 0 Å². The minimum Gasteiger partial charge on any atom is -0.462 e. The summed E-state index contributed by atoms with van der Waals surface area (Å²) in [4.78, 5) is 25.5. The Morgan fingerprint density at radius 3 is 1.28 bits per heavy atom. The molecule has 0 saturated carbocycles. The minimum atomic E-state index is -4.60. The number of allylic oxidation sites excluding steroid dienone is 2. The molecule has 1 rings (SSSR count). The van der Waals surface area contributed by atoms with Crippen LogP contribution in [0.4, 0.5) is 0 Å². The van der Waals surface area contributed by atoms with Gasteiger partial charge in [-0.3, -0.25) is 14.1 Å². The molecule has 0 bridgehead atoms. The highest BCUT2D eigenvalue weighted by Crippen LogP contribution is 2.24. The second kappa shape index (κ2) is 42.5. The zero-order valence-corrected chi connectivity index (χ0v) is 42.2. The van der Waals surface area contributed by atoms with Crippen LogP contribution in [0.1, 0.15) is 251 Å². The third kappa shape index (κ3) is 37.0. The standard InChI is InChI=1S/C52H98O12S/c1-3-5-7-9-11-13-15-17-19-21-22-23-24-25-27-28-30-32-34-36-38-40-47(53)61-42-45(43-62-52-51(57)50(56)49(55)46(64-52)44-65(58,59)60)63-48(54)41-39-37-35-33-31-29-26-20-18-16-14-12-10-8-6-4-2/h20,26,45-46,49-52,55-57H,3-19,21-25,27-44H2,1-2H3,(H,58,59,60)/b26-20-. The van der Waals surface area contributed by atoms with E-state index in [0.29, 0.717) is 12.8 Å². The summed E-state index contributed by atoms with van der Waals surface area (Å²) in [6, 6.07) is 0. The van der Waals surface area contributed by atoms with Gasteiger partial charge in [-0.1, -0.05) is 212 Å². The highest BCUT2D eigenvalue weighted by molar-refractivity contribution is 7.85. The predicted octanol–water partition coefficient (Wildman–Crippen LogP) is 12.2.